The third-order valence-corrected chi connectivity index (χ3v) is 2.78. The van der Waals surface area contributed by atoms with Gasteiger partial charge in [0, 0.05) is 19.8 Å². The Hall–Kier alpha value is -1.65. The van der Waals surface area contributed by atoms with Crippen LogP contribution in [-0.2, 0) is 9.53 Å². The molecule has 1 atom stereocenters. The lowest BCUT2D eigenvalue weighted by Gasteiger charge is -2.28. The summed E-state index contributed by atoms with van der Waals surface area (Å²) in [4.78, 5) is 11.8. The summed E-state index contributed by atoms with van der Waals surface area (Å²) >= 11 is 0. The van der Waals surface area contributed by atoms with Crippen LogP contribution < -0.4 is 5.32 Å². The zero-order valence-corrected chi connectivity index (χ0v) is 11.4. The highest BCUT2D eigenvalue weighted by molar-refractivity contribution is 5.92. The number of aliphatic hydroxyl groups is 1. The molecule has 0 aliphatic rings. The molecule has 1 unspecified atom stereocenters. The lowest BCUT2D eigenvalue weighted by Crippen LogP contribution is -2.49. The largest absolute Gasteiger partial charge is 0.396 e. The zero-order chi connectivity index (χ0) is 14.1. The minimum absolute atomic E-state index is 0.00252. The molecule has 4 nitrogen and oxygen atoms in total. The van der Waals surface area contributed by atoms with Crippen molar-refractivity contribution < 1.29 is 14.6 Å². The summed E-state index contributed by atoms with van der Waals surface area (Å²) in [5.41, 5.74) is 0.412. The average molecular weight is 263 g/mol. The number of benzene rings is 1. The van der Waals surface area contributed by atoms with E-state index in [1.807, 2.05) is 37.3 Å². The summed E-state index contributed by atoms with van der Waals surface area (Å²) in [5.74, 6) is -0.197. The van der Waals surface area contributed by atoms with E-state index >= 15 is 0 Å². The van der Waals surface area contributed by atoms with Gasteiger partial charge in [0.05, 0.1) is 12.1 Å². The molecule has 0 radical (unpaired) electrons. The molecule has 0 aliphatic heterocycles. The van der Waals surface area contributed by atoms with Gasteiger partial charge >= 0.3 is 0 Å². The summed E-state index contributed by atoms with van der Waals surface area (Å²) in [5, 5.41) is 11.9. The molecule has 0 bridgehead atoms. The molecule has 4 heteroatoms. The van der Waals surface area contributed by atoms with E-state index in [2.05, 4.69) is 5.32 Å². The van der Waals surface area contributed by atoms with Crippen LogP contribution in [0.25, 0.3) is 6.08 Å². The number of aliphatic hydroxyl groups excluding tert-OH is 1. The zero-order valence-electron chi connectivity index (χ0n) is 11.4. The van der Waals surface area contributed by atoms with Crippen molar-refractivity contribution in [3.63, 3.8) is 0 Å². The van der Waals surface area contributed by atoms with Gasteiger partial charge in [-0.15, -0.1) is 0 Å². The van der Waals surface area contributed by atoms with E-state index in [1.54, 1.807) is 13.2 Å². The van der Waals surface area contributed by atoms with Gasteiger partial charge in [-0.1, -0.05) is 30.3 Å². The van der Waals surface area contributed by atoms with Gasteiger partial charge in [-0.25, -0.2) is 0 Å². The number of hydrogen-bond donors (Lipinski definition) is 2. The molecule has 0 saturated heterocycles. The molecule has 0 aliphatic carbocycles. The molecule has 0 saturated carbocycles. The molecule has 2 N–H and O–H groups in total. The molecule has 1 amide bonds. The molecular weight excluding hydrogens is 242 g/mol. The van der Waals surface area contributed by atoms with Gasteiger partial charge in [0.1, 0.15) is 0 Å². The van der Waals surface area contributed by atoms with Gasteiger partial charge < -0.3 is 15.2 Å². The van der Waals surface area contributed by atoms with Crippen LogP contribution in [0.15, 0.2) is 36.4 Å². The lowest BCUT2D eigenvalue weighted by molar-refractivity contribution is -0.119. The minimum Gasteiger partial charge on any atom is -0.396 e. The number of ether oxygens (including phenoxy) is 1. The molecule has 0 spiro atoms. The van der Waals surface area contributed by atoms with Crippen molar-refractivity contribution in [3.8, 4) is 0 Å². The second-order valence-corrected chi connectivity index (χ2v) is 4.70. The van der Waals surface area contributed by atoms with E-state index in [1.165, 1.54) is 6.08 Å². The van der Waals surface area contributed by atoms with Crippen LogP contribution in [0.5, 0.6) is 0 Å². The predicted molar refractivity (Wildman–Crippen MR) is 75.6 cm³/mol. The highest BCUT2D eigenvalue weighted by atomic mass is 16.5. The maximum Gasteiger partial charge on any atom is 0.244 e. The molecule has 0 aromatic heterocycles. The Morgan fingerprint density at radius 3 is 2.68 bits per heavy atom. The van der Waals surface area contributed by atoms with Crippen molar-refractivity contribution >= 4 is 12.0 Å². The third-order valence-electron chi connectivity index (χ3n) is 2.78. The monoisotopic (exact) mass is 263 g/mol. The van der Waals surface area contributed by atoms with Crippen LogP contribution in [0.1, 0.15) is 18.9 Å². The van der Waals surface area contributed by atoms with Gasteiger partial charge in [-0.2, -0.15) is 0 Å². The van der Waals surface area contributed by atoms with Crippen LogP contribution >= 0.6 is 0 Å². The molecule has 1 rings (SSSR count). The minimum atomic E-state index is -0.554. The number of nitrogens with one attached hydrogen (secondary N) is 1. The fourth-order valence-electron chi connectivity index (χ4n) is 1.81. The second kappa shape index (κ2) is 7.71. The van der Waals surface area contributed by atoms with Crippen LogP contribution in [-0.4, -0.2) is 36.9 Å². The van der Waals surface area contributed by atoms with Crippen molar-refractivity contribution in [2.75, 3.05) is 20.3 Å². The van der Waals surface area contributed by atoms with E-state index in [9.17, 15) is 4.79 Å². The van der Waals surface area contributed by atoms with Crippen molar-refractivity contribution in [3.05, 3.63) is 42.0 Å². The predicted octanol–water partition coefficient (Wildman–Crippen LogP) is 1.60. The van der Waals surface area contributed by atoms with E-state index in [0.717, 1.165) is 5.56 Å². The molecule has 0 heterocycles. The smallest absolute Gasteiger partial charge is 0.244 e. The van der Waals surface area contributed by atoms with Gasteiger partial charge in [0.15, 0.2) is 0 Å². The number of rotatable bonds is 7. The standard InChI is InChI=1S/C15H21NO3/c1-15(10-11-17,12-19-2)16-14(18)9-8-13-6-4-3-5-7-13/h3-9,17H,10-12H2,1-2H3,(H,16,18)/b9-8+. The molecule has 19 heavy (non-hydrogen) atoms. The topological polar surface area (TPSA) is 58.6 Å². The number of hydrogen-bond acceptors (Lipinski definition) is 3. The molecule has 104 valence electrons. The summed E-state index contributed by atoms with van der Waals surface area (Å²) in [7, 11) is 1.57. The average Bonchev–Trinajstić information content (AvgIpc) is 2.38. The molecule has 0 fully saturated rings. The summed E-state index contributed by atoms with van der Waals surface area (Å²) in [6.45, 7) is 2.21. The van der Waals surface area contributed by atoms with Crippen LogP contribution in [0.2, 0.25) is 0 Å². The van der Waals surface area contributed by atoms with Crippen molar-refractivity contribution in [2.24, 2.45) is 0 Å². The van der Waals surface area contributed by atoms with E-state index in [-0.39, 0.29) is 12.5 Å². The first kappa shape index (κ1) is 15.4. The fraction of sp³-hybridized carbons (Fsp3) is 0.400. The second-order valence-electron chi connectivity index (χ2n) is 4.70. The first-order chi connectivity index (χ1) is 9.09. The van der Waals surface area contributed by atoms with Crippen molar-refractivity contribution in [1.29, 1.82) is 0 Å². The SMILES string of the molecule is COCC(C)(CCO)NC(=O)/C=C/c1ccccc1. The van der Waals surface area contributed by atoms with Crippen molar-refractivity contribution in [1.82, 2.24) is 5.32 Å². The first-order valence-corrected chi connectivity index (χ1v) is 6.25. The summed E-state index contributed by atoms with van der Waals surface area (Å²) < 4.78 is 5.07. The lowest BCUT2D eigenvalue weighted by atomic mass is 9.99. The number of amides is 1. The maximum absolute atomic E-state index is 11.8. The van der Waals surface area contributed by atoms with Crippen LogP contribution in [0, 0.1) is 0 Å². The Bertz CT molecular complexity index is 409. The number of carbonyl (C=O) groups is 1. The molecule has 1 aromatic rings. The fourth-order valence-corrected chi connectivity index (χ4v) is 1.81. The van der Waals surface area contributed by atoms with Crippen LogP contribution in [0.4, 0.5) is 0 Å². The Labute approximate surface area is 114 Å². The van der Waals surface area contributed by atoms with E-state index < -0.39 is 5.54 Å². The van der Waals surface area contributed by atoms with E-state index in [4.69, 9.17) is 9.84 Å². The third kappa shape index (κ3) is 5.68. The molecule has 1 aromatic carbocycles. The normalized spacial score (nSPS) is 14.3. The van der Waals surface area contributed by atoms with Gasteiger partial charge in [-0.3, -0.25) is 4.79 Å². The van der Waals surface area contributed by atoms with Crippen molar-refractivity contribution in [2.45, 2.75) is 18.9 Å². The first-order valence-electron chi connectivity index (χ1n) is 6.25. The van der Waals surface area contributed by atoms with Gasteiger partial charge in [0.25, 0.3) is 0 Å². The highest BCUT2D eigenvalue weighted by Crippen LogP contribution is 2.10. The van der Waals surface area contributed by atoms with E-state index in [0.29, 0.717) is 13.0 Å². The maximum atomic E-state index is 11.8. The van der Waals surface area contributed by atoms with Gasteiger partial charge in [0.2, 0.25) is 5.91 Å². The molecular formula is C15H21NO3. The highest BCUT2D eigenvalue weighted by Gasteiger charge is 2.24. The van der Waals surface area contributed by atoms with Crippen LogP contribution in [0.3, 0.4) is 0 Å². The Kier molecular flexibility index (Phi) is 6.25. The quantitative estimate of drug-likeness (QED) is 0.735. The Morgan fingerprint density at radius 2 is 2.11 bits per heavy atom. The number of carbonyl (C=O) groups excluding carboxylic acids is 1. The number of methoxy groups -OCH3 is 1. The van der Waals surface area contributed by atoms with Gasteiger partial charge in [-0.05, 0) is 25.0 Å². The summed E-state index contributed by atoms with van der Waals surface area (Å²) in [6.07, 6.45) is 3.69. The Balaban J connectivity index is 2.60. The summed E-state index contributed by atoms with van der Waals surface area (Å²) in [6, 6.07) is 9.60. The Morgan fingerprint density at radius 1 is 1.42 bits per heavy atom.